The average molecular weight is 278 g/mol. The van der Waals surface area contributed by atoms with Crippen LogP contribution in [0.3, 0.4) is 0 Å². The van der Waals surface area contributed by atoms with E-state index in [1.165, 1.54) is 12.8 Å². The lowest BCUT2D eigenvalue weighted by Crippen LogP contribution is -2.36. The smallest absolute Gasteiger partial charge is 0.123 e. The molecule has 1 saturated heterocycles. The second-order valence-corrected chi connectivity index (χ2v) is 5.33. The molecule has 0 aliphatic carbocycles. The molecule has 0 spiro atoms. The highest BCUT2D eigenvalue weighted by molar-refractivity contribution is 5.33. The molecule has 1 atom stereocenters. The van der Waals surface area contributed by atoms with E-state index in [9.17, 15) is 5.11 Å². The molecule has 20 heavy (non-hydrogen) atoms. The molecule has 0 aromatic heterocycles. The molecule has 1 aliphatic heterocycles. The van der Waals surface area contributed by atoms with E-state index in [0.717, 1.165) is 37.5 Å². The van der Waals surface area contributed by atoms with Gasteiger partial charge in [0.25, 0.3) is 0 Å². The monoisotopic (exact) mass is 278 g/mol. The molecule has 1 heterocycles. The molecule has 1 aliphatic rings. The normalized spacial score (nSPS) is 17.3. The van der Waals surface area contributed by atoms with E-state index in [1.54, 1.807) is 0 Å². The minimum atomic E-state index is -0.299. The van der Waals surface area contributed by atoms with Crippen LogP contribution in [-0.2, 0) is 6.54 Å². The van der Waals surface area contributed by atoms with E-state index in [-0.39, 0.29) is 6.10 Å². The van der Waals surface area contributed by atoms with E-state index < -0.39 is 0 Å². The van der Waals surface area contributed by atoms with Crippen molar-refractivity contribution in [3.05, 3.63) is 29.8 Å². The number of nitrogens with one attached hydrogen (secondary N) is 1. The van der Waals surface area contributed by atoms with Crippen LogP contribution >= 0.6 is 0 Å². The van der Waals surface area contributed by atoms with Crippen LogP contribution in [0, 0.1) is 0 Å². The van der Waals surface area contributed by atoms with Gasteiger partial charge in [-0.2, -0.15) is 0 Å². The van der Waals surface area contributed by atoms with E-state index in [2.05, 4.69) is 16.3 Å². The van der Waals surface area contributed by atoms with Crippen molar-refractivity contribution in [3.8, 4) is 5.75 Å². The Morgan fingerprint density at radius 3 is 2.80 bits per heavy atom. The number of para-hydroxylation sites is 1. The lowest BCUT2D eigenvalue weighted by atomic mass is 10.2. The van der Waals surface area contributed by atoms with Gasteiger partial charge in [-0.05, 0) is 38.9 Å². The number of benzene rings is 1. The number of rotatable bonds is 8. The van der Waals surface area contributed by atoms with Gasteiger partial charge in [-0.3, -0.25) is 0 Å². The Kier molecular flexibility index (Phi) is 6.30. The van der Waals surface area contributed by atoms with Gasteiger partial charge in [-0.1, -0.05) is 18.2 Å². The molecule has 0 amide bonds. The number of ether oxygens (including phenoxy) is 1. The molecule has 0 saturated carbocycles. The van der Waals surface area contributed by atoms with Crippen LogP contribution in [-0.4, -0.2) is 48.9 Å². The lowest BCUT2D eigenvalue weighted by molar-refractivity contribution is 0.123. The Morgan fingerprint density at radius 1 is 1.30 bits per heavy atom. The highest BCUT2D eigenvalue weighted by Gasteiger charge is 2.15. The first kappa shape index (κ1) is 15.3. The quantitative estimate of drug-likeness (QED) is 0.759. The van der Waals surface area contributed by atoms with Crippen LogP contribution in [0.15, 0.2) is 24.3 Å². The Labute approximate surface area is 121 Å². The molecular formula is C16H26N2O2. The molecule has 1 aromatic carbocycles. The van der Waals surface area contributed by atoms with Crippen molar-refractivity contribution in [2.45, 2.75) is 32.4 Å². The summed E-state index contributed by atoms with van der Waals surface area (Å²) in [4.78, 5) is 2.33. The Hall–Kier alpha value is -1.10. The van der Waals surface area contributed by atoms with Crippen LogP contribution in [0.2, 0.25) is 0 Å². The maximum atomic E-state index is 10.0. The molecule has 0 bridgehead atoms. The topological polar surface area (TPSA) is 44.7 Å². The summed E-state index contributed by atoms with van der Waals surface area (Å²) in [7, 11) is 0. The van der Waals surface area contributed by atoms with Crippen molar-refractivity contribution >= 4 is 0 Å². The fourth-order valence-corrected chi connectivity index (χ4v) is 2.65. The van der Waals surface area contributed by atoms with E-state index in [0.29, 0.717) is 13.2 Å². The molecule has 1 fully saturated rings. The van der Waals surface area contributed by atoms with Gasteiger partial charge in [0.15, 0.2) is 0 Å². The number of likely N-dealkylation sites (tertiary alicyclic amines) is 1. The van der Waals surface area contributed by atoms with Gasteiger partial charge < -0.3 is 20.1 Å². The van der Waals surface area contributed by atoms with Gasteiger partial charge in [0.1, 0.15) is 5.75 Å². The summed E-state index contributed by atoms with van der Waals surface area (Å²) in [5, 5.41) is 13.3. The Balaban J connectivity index is 1.71. The fraction of sp³-hybridized carbons (Fsp3) is 0.625. The van der Waals surface area contributed by atoms with Crippen LogP contribution in [0.5, 0.6) is 5.75 Å². The summed E-state index contributed by atoms with van der Waals surface area (Å²) in [6.07, 6.45) is 2.23. The Morgan fingerprint density at radius 2 is 2.05 bits per heavy atom. The maximum absolute atomic E-state index is 10.0. The predicted molar refractivity (Wildman–Crippen MR) is 81.0 cm³/mol. The summed E-state index contributed by atoms with van der Waals surface area (Å²) in [6.45, 7) is 7.05. The summed E-state index contributed by atoms with van der Waals surface area (Å²) in [6, 6.07) is 8.04. The standard InChI is InChI=1S/C16H26N2O2/c1-2-20-16-8-4-3-7-14(16)11-17-12-15(19)13-18-9-5-6-10-18/h3-4,7-8,15,17,19H,2,5-6,9-13H2,1H3. The third-order valence-corrected chi connectivity index (χ3v) is 3.64. The minimum absolute atomic E-state index is 0.299. The van der Waals surface area contributed by atoms with Crippen molar-refractivity contribution in [1.29, 1.82) is 0 Å². The second-order valence-electron chi connectivity index (χ2n) is 5.33. The number of β-amino-alcohol motifs (C(OH)–C–C–N with tert-alkyl or cyclic N) is 1. The number of aliphatic hydroxyl groups is 1. The van der Waals surface area contributed by atoms with Gasteiger partial charge in [0.2, 0.25) is 0 Å². The molecule has 2 N–H and O–H groups in total. The maximum Gasteiger partial charge on any atom is 0.123 e. The van der Waals surface area contributed by atoms with Crippen LogP contribution in [0.1, 0.15) is 25.3 Å². The summed E-state index contributed by atoms with van der Waals surface area (Å²) in [5.41, 5.74) is 1.14. The fourth-order valence-electron chi connectivity index (χ4n) is 2.65. The number of nitrogens with zero attached hydrogens (tertiary/aromatic N) is 1. The Bertz CT molecular complexity index is 392. The molecule has 1 aromatic rings. The third kappa shape index (κ3) is 4.78. The van der Waals surface area contributed by atoms with Gasteiger partial charge in [0, 0.05) is 25.2 Å². The first-order valence-corrected chi connectivity index (χ1v) is 7.61. The van der Waals surface area contributed by atoms with Crippen LogP contribution in [0.25, 0.3) is 0 Å². The van der Waals surface area contributed by atoms with Crippen molar-refractivity contribution in [3.63, 3.8) is 0 Å². The first-order chi connectivity index (χ1) is 9.79. The molecule has 4 nitrogen and oxygen atoms in total. The van der Waals surface area contributed by atoms with Gasteiger partial charge in [-0.15, -0.1) is 0 Å². The average Bonchev–Trinajstić information content (AvgIpc) is 2.94. The largest absolute Gasteiger partial charge is 0.494 e. The van der Waals surface area contributed by atoms with Gasteiger partial charge in [-0.25, -0.2) is 0 Å². The zero-order chi connectivity index (χ0) is 14.2. The zero-order valence-corrected chi connectivity index (χ0v) is 12.3. The van der Waals surface area contributed by atoms with E-state index >= 15 is 0 Å². The van der Waals surface area contributed by atoms with E-state index in [1.807, 2.05) is 25.1 Å². The highest BCUT2D eigenvalue weighted by Crippen LogP contribution is 2.17. The van der Waals surface area contributed by atoms with Crippen molar-refractivity contribution in [1.82, 2.24) is 10.2 Å². The van der Waals surface area contributed by atoms with Crippen LogP contribution in [0.4, 0.5) is 0 Å². The second kappa shape index (κ2) is 8.25. The molecule has 4 heteroatoms. The third-order valence-electron chi connectivity index (χ3n) is 3.64. The van der Waals surface area contributed by atoms with Gasteiger partial charge in [0.05, 0.1) is 12.7 Å². The van der Waals surface area contributed by atoms with Crippen molar-refractivity contribution < 1.29 is 9.84 Å². The van der Waals surface area contributed by atoms with Crippen molar-refractivity contribution in [2.75, 3.05) is 32.8 Å². The highest BCUT2D eigenvalue weighted by atomic mass is 16.5. The summed E-state index contributed by atoms with van der Waals surface area (Å²) >= 11 is 0. The number of hydrogen-bond donors (Lipinski definition) is 2. The molecule has 1 unspecified atom stereocenters. The van der Waals surface area contributed by atoms with Crippen LogP contribution < -0.4 is 10.1 Å². The summed E-state index contributed by atoms with van der Waals surface area (Å²) in [5.74, 6) is 0.927. The molecular weight excluding hydrogens is 252 g/mol. The SMILES string of the molecule is CCOc1ccccc1CNCC(O)CN1CCCC1. The predicted octanol–water partition coefficient (Wildman–Crippen LogP) is 1.63. The lowest BCUT2D eigenvalue weighted by Gasteiger charge is -2.20. The van der Waals surface area contributed by atoms with E-state index in [4.69, 9.17) is 4.74 Å². The summed E-state index contributed by atoms with van der Waals surface area (Å²) < 4.78 is 5.59. The number of hydrogen-bond acceptors (Lipinski definition) is 4. The molecule has 2 rings (SSSR count). The molecule has 112 valence electrons. The van der Waals surface area contributed by atoms with Crippen molar-refractivity contribution in [2.24, 2.45) is 0 Å². The van der Waals surface area contributed by atoms with Gasteiger partial charge >= 0.3 is 0 Å². The number of aliphatic hydroxyl groups excluding tert-OH is 1. The zero-order valence-electron chi connectivity index (χ0n) is 12.3. The molecule has 0 radical (unpaired) electrons. The first-order valence-electron chi connectivity index (χ1n) is 7.61. The minimum Gasteiger partial charge on any atom is -0.494 e.